The van der Waals surface area contributed by atoms with Crippen molar-refractivity contribution in [3.8, 4) is 17.1 Å². The van der Waals surface area contributed by atoms with Gasteiger partial charge in [-0.2, -0.15) is 0 Å². The Morgan fingerprint density at radius 2 is 1.66 bits per heavy atom. The van der Waals surface area contributed by atoms with Crippen molar-refractivity contribution in [2.45, 2.75) is 0 Å². The maximum atomic E-state index is 12.7. The van der Waals surface area contributed by atoms with Gasteiger partial charge in [-0.1, -0.05) is 30.3 Å². The van der Waals surface area contributed by atoms with E-state index in [4.69, 9.17) is 9.72 Å². The number of morpholine rings is 1. The van der Waals surface area contributed by atoms with E-state index in [0.29, 0.717) is 31.9 Å². The van der Waals surface area contributed by atoms with E-state index < -0.39 is 0 Å². The van der Waals surface area contributed by atoms with Crippen molar-refractivity contribution < 1.29 is 9.53 Å². The van der Waals surface area contributed by atoms with Gasteiger partial charge in [-0.05, 0) is 36.4 Å². The van der Waals surface area contributed by atoms with E-state index in [1.165, 1.54) is 0 Å². The third kappa shape index (κ3) is 3.28. The first kappa shape index (κ1) is 17.6. The molecule has 5 rings (SSSR count). The summed E-state index contributed by atoms with van der Waals surface area (Å²) in [7, 11) is 0. The second-order valence-electron chi connectivity index (χ2n) is 6.93. The van der Waals surface area contributed by atoms with Gasteiger partial charge in [0.2, 0.25) is 0 Å². The number of rotatable bonds is 3. The minimum absolute atomic E-state index is 0.0387. The molecule has 1 saturated heterocycles. The van der Waals surface area contributed by atoms with Gasteiger partial charge in [-0.15, -0.1) is 0 Å². The summed E-state index contributed by atoms with van der Waals surface area (Å²) in [5.74, 6) is 0.864. The van der Waals surface area contributed by atoms with Crippen molar-refractivity contribution in [1.82, 2.24) is 19.4 Å². The largest absolute Gasteiger partial charge is 0.378 e. The molecule has 6 heteroatoms. The molecule has 0 saturated carbocycles. The lowest BCUT2D eigenvalue weighted by Gasteiger charge is -2.26. The highest BCUT2D eigenvalue weighted by atomic mass is 16.5. The smallest absolute Gasteiger partial charge is 0.254 e. The van der Waals surface area contributed by atoms with Gasteiger partial charge < -0.3 is 9.64 Å². The highest BCUT2D eigenvalue weighted by Crippen LogP contribution is 2.27. The molecule has 2 aromatic carbocycles. The van der Waals surface area contributed by atoms with E-state index in [0.717, 1.165) is 28.2 Å². The Bertz CT molecular complexity index is 1150. The highest BCUT2D eigenvalue weighted by molar-refractivity contribution is 5.94. The highest BCUT2D eigenvalue weighted by Gasteiger charge is 2.19. The van der Waals surface area contributed by atoms with Crippen molar-refractivity contribution in [2.75, 3.05) is 26.3 Å². The summed E-state index contributed by atoms with van der Waals surface area (Å²) in [6, 6.07) is 21.6. The van der Waals surface area contributed by atoms with Crippen LogP contribution in [0.4, 0.5) is 0 Å². The standard InChI is InChI=1S/C23H20N4O2/c28-23(26-13-15-29-16-14-26)18-8-10-19(11-9-18)27-21(17-5-2-1-3-6-17)25-20-7-4-12-24-22(20)27/h1-12H,13-16H2. The number of ether oxygens (including phenoxy) is 1. The maximum absolute atomic E-state index is 12.7. The molecule has 0 N–H and O–H groups in total. The van der Waals surface area contributed by atoms with Gasteiger partial charge in [0.15, 0.2) is 5.65 Å². The van der Waals surface area contributed by atoms with Crippen LogP contribution in [0.15, 0.2) is 72.9 Å². The first-order chi connectivity index (χ1) is 14.3. The normalized spacial score (nSPS) is 14.3. The number of carbonyl (C=O) groups is 1. The number of hydrogen-bond donors (Lipinski definition) is 0. The third-order valence-corrected chi connectivity index (χ3v) is 5.12. The predicted octanol–water partition coefficient (Wildman–Crippen LogP) is 3.56. The van der Waals surface area contributed by atoms with Gasteiger partial charge in [0.1, 0.15) is 11.3 Å². The zero-order valence-corrected chi connectivity index (χ0v) is 15.9. The molecular formula is C23H20N4O2. The second-order valence-corrected chi connectivity index (χ2v) is 6.93. The predicted molar refractivity (Wildman–Crippen MR) is 111 cm³/mol. The van der Waals surface area contributed by atoms with Crippen LogP contribution in [-0.2, 0) is 4.74 Å². The number of pyridine rings is 1. The van der Waals surface area contributed by atoms with Crippen LogP contribution in [0.25, 0.3) is 28.2 Å². The Morgan fingerprint density at radius 3 is 2.41 bits per heavy atom. The first-order valence-corrected chi connectivity index (χ1v) is 9.67. The average Bonchev–Trinajstić information content (AvgIpc) is 3.19. The molecule has 1 fully saturated rings. The summed E-state index contributed by atoms with van der Waals surface area (Å²) in [6.45, 7) is 2.46. The molecule has 1 amide bonds. The number of carbonyl (C=O) groups excluding carboxylic acids is 1. The number of fused-ring (bicyclic) bond motifs is 1. The lowest BCUT2D eigenvalue weighted by atomic mass is 10.1. The topological polar surface area (TPSA) is 60.2 Å². The minimum Gasteiger partial charge on any atom is -0.378 e. The molecular weight excluding hydrogens is 364 g/mol. The fraction of sp³-hybridized carbons (Fsp3) is 0.174. The quantitative estimate of drug-likeness (QED) is 0.542. The number of amides is 1. The van der Waals surface area contributed by atoms with Crippen molar-refractivity contribution in [2.24, 2.45) is 0 Å². The van der Waals surface area contributed by atoms with E-state index in [1.54, 1.807) is 6.20 Å². The third-order valence-electron chi connectivity index (χ3n) is 5.12. The molecule has 0 bridgehead atoms. The average molecular weight is 384 g/mol. The fourth-order valence-corrected chi connectivity index (χ4v) is 3.64. The van der Waals surface area contributed by atoms with Gasteiger partial charge >= 0.3 is 0 Å². The second kappa shape index (κ2) is 7.48. The van der Waals surface area contributed by atoms with Crippen LogP contribution >= 0.6 is 0 Å². The fourth-order valence-electron chi connectivity index (χ4n) is 3.64. The lowest BCUT2D eigenvalue weighted by Crippen LogP contribution is -2.40. The Labute approximate surface area is 168 Å². The molecule has 1 aliphatic rings. The summed E-state index contributed by atoms with van der Waals surface area (Å²) in [5.41, 5.74) is 4.23. The molecule has 144 valence electrons. The molecule has 0 atom stereocenters. The monoisotopic (exact) mass is 384 g/mol. The molecule has 0 radical (unpaired) electrons. The van der Waals surface area contributed by atoms with E-state index in [9.17, 15) is 4.79 Å². The summed E-state index contributed by atoms with van der Waals surface area (Å²) < 4.78 is 7.37. The summed E-state index contributed by atoms with van der Waals surface area (Å²) in [4.78, 5) is 23.9. The lowest BCUT2D eigenvalue weighted by molar-refractivity contribution is 0.0303. The molecule has 0 spiro atoms. The van der Waals surface area contributed by atoms with Crippen LogP contribution in [0.1, 0.15) is 10.4 Å². The van der Waals surface area contributed by atoms with Crippen LogP contribution < -0.4 is 0 Å². The van der Waals surface area contributed by atoms with Crippen LogP contribution in [0.3, 0.4) is 0 Å². The van der Waals surface area contributed by atoms with E-state index in [-0.39, 0.29) is 5.91 Å². The molecule has 6 nitrogen and oxygen atoms in total. The van der Waals surface area contributed by atoms with Gasteiger partial charge in [0.05, 0.1) is 13.2 Å². The first-order valence-electron chi connectivity index (χ1n) is 9.67. The molecule has 2 aromatic heterocycles. The molecule has 1 aliphatic heterocycles. The SMILES string of the molecule is O=C(c1ccc(-n2c(-c3ccccc3)nc3cccnc32)cc1)N1CCOCC1. The number of hydrogen-bond acceptors (Lipinski definition) is 4. The number of benzene rings is 2. The molecule has 29 heavy (non-hydrogen) atoms. The van der Waals surface area contributed by atoms with Crippen LogP contribution in [0.5, 0.6) is 0 Å². The number of aromatic nitrogens is 3. The number of imidazole rings is 1. The molecule has 0 unspecified atom stereocenters. The molecule has 0 aliphatic carbocycles. The van der Waals surface area contributed by atoms with Gasteiger partial charge in [-0.25, -0.2) is 9.97 Å². The summed E-state index contributed by atoms with van der Waals surface area (Å²) in [5, 5.41) is 0. The van der Waals surface area contributed by atoms with Gasteiger partial charge in [0, 0.05) is 36.1 Å². The van der Waals surface area contributed by atoms with E-state index in [1.807, 2.05) is 76.2 Å². The Morgan fingerprint density at radius 1 is 0.897 bits per heavy atom. The molecule has 4 aromatic rings. The number of nitrogens with zero attached hydrogens (tertiary/aromatic N) is 4. The van der Waals surface area contributed by atoms with Crippen LogP contribution in [0, 0.1) is 0 Å². The molecule has 3 heterocycles. The summed E-state index contributed by atoms with van der Waals surface area (Å²) >= 11 is 0. The summed E-state index contributed by atoms with van der Waals surface area (Å²) in [6.07, 6.45) is 1.77. The Kier molecular flexibility index (Phi) is 4.54. The Hall–Kier alpha value is -3.51. The van der Waals surface area contributed by atoms with Crippen molar-refractivity contribution in [3.05, 3.63) is 78.5 Å². The maximum Gasteiger partial charge on any atom is 0.254 e. The van der Waals surface area contributed by atoms with Gasteiger partial charge in [-0.3, -0.25) is 9.36 Å². The van der Waals surface area contributed by atoms with E-state index in [2.05, 4.69) is 4.98 Å². The van der Waals surface area contributed by atoms with Crippen molar-refractivity contribution in [3.63, 3.8) is 0 Å². The Balaban J connectivity index is 1.56. The van der Waals surface area contributed by atoms with Crippen LogP contribution in [0.2, 0.25) is 0 Å². The van der Waals surface area contributed by atoms with Crippen LogP contribution in [-0.4, -0.2) is 51.6 Å². The van der Waals surface area contributed by atoms with Gasteiger partial charge in [0.25, 0.3) is 5.91 Å². The van der Waals surface area contributed by atoms with Crippen molar-refractivity contribution >= 4 is 17.1 Å². The van der Waals surface area contributed by atoms with E-state index >= 15 is 0 Å². The minimum atomic E-state index is 0.0387. The zero-order chi connectivity index (χ0) is 19.6. The van der Waals surface area contributed by atoms with Crippen molar-refractivity contribution in [1.29, 1.82) is 0 Å². The zero-order valence-electron chi connectivity index (χ0n) is 15.9.